The Kier molecular flexibility index (Phi) is 5.26. The number of aryl methyl sites for hydroxylation is 2. The fourth-order valence-corrected chi connectivity index (χ4v) is 2.58. The number of aromatic nitrogens is 2. The maximum Gasteiger partial charge on any atom is 0.133 e. The number of halogens is 1. The second kappa shape index (κ2) is 6.95. The van der Waals surface area contributed by atoms with Gasteiger partial charge in [-0.05, 0) is 56.5 Å². The number of nitrogens with zero attached hydrogens (tertiary/aromatic N) is 2. The highest BCUT2D eigenvalue weighted by molar-refractivity contribution is 9.10. The zero-order chi connectivity index (χ0) is 14.5. The first-order valence-corrected chi connectivity index (χ1v) is 7.67. The summed E-state index contributed by atoms with van der Waals surface area (Å²) in [5.74, 6) is 0.888. The fraction of sp³-hybridized carbons (Fsp3) is 0.375. The van der Waals surface area contributed by atoms with Crippen molar-refractivity contribution < 1.29 is 0 Å². The molecule has 1 aromatic carbocycles. The minimum absolute atomic E-state index is 0.708. The van der Waals surface area contributed by atoms with Crippen LogP contribution >= 0.6 is 15.9 Å². The van der Waals surface area contributed by atoms with Gasteiger partial charge in [-0.2, -0.15) is 0 Å². The number of nitrogens with two attached hydrogens (primary N) is 1. The molecular formula is C16H20BrN3. The molecule has 106 valence electrons. The van der Waals surface area contributed by atoms with Crippen LogP contribution in [-0.2, 0) is 12.8 Å². The normalized spacial score (nSPS) is 10.8. The lowest BCUT2D eigenvalue weighted by atomic mass is 10.1. The first-order chi connectivity index (χ1) is 9.60. The zero-order valence-electron chi connectivity index (χ0n) is 12.0. The van der Waals surface area contributed by atoms with E-state index < -0.39 is 0 Å². The number of benzene rings is 1. The summed E-state index contributed by atoms with van der Waals surface area (Å²) in [6.45, 7) is 4.83. The van der Waals surface area contributed by atoms with E-state index in [0.29, 0.717) is 6.54 Å². The van der Waals surface area contributed by atoms with Gasteiger partial charge in [0.25, 0.3) is 0 Å². The van der Waals surface area contributed by atoms with Gasteiger partial charge in [0.05, 0.1) is 0 Å². The third kappa shape index (κ3) is 3.87. The van der Waals surface area contributed by atoms with Gasteiger partial charge in [0, 0.05) is 22.3 Å². The van der Waals surface area contributed by atoms with Crippen molar-refractivity contribution in [3.63, 3.8) is 0 Å². The Labute approximate surface area is 128 Å². The molecule has 0 saturated heterocycles. The molecule has 0 amide bonds. The SMILES string of the molecule is Cc1nc(Cc2ccc(Br)cc2)nc(C)c1CCCN. The number of hydrogen-bond acceptors (Lipinski definition) is 3. The van der Waals surface area contributed by atoms with Crippen LogP contribution in [0.15, 0.2) is 28.7 Å². The topological polar surface area (TPSA) is 51.8 Å². The maximum absolute atomic E-state index is 5.58. The van der Waals surface area contributed by atoms with Crippen molar-refractivity contribution in [1.82, 2.24) is 9.97 Å². The van der Waals surface area contributed by atoms with Crippen LogP contribution in [0.2, 0.25) is 0 Å². The van der Waals surface area contributed by atoms with Gasteiger partial charge in [-0.25, -0.2) is 9.97 Å². The molecule has 0 fully saturated rings. The monoisotopic (exact) mass is 333 g/mol. The minimum Gasteiger partial charge on any atom is -0.330 e. The van der Waals surface area contributed by atoms with Gasteiger partial charge in [0.1, 0.15) is 5.82 Å². The quantitative estimate of drug-likeness (QED) is 0.912. The van der Waals surface area contributed by atoms with E-state index in [1.54, 1.807) is 0 Å². The predicted octanol–water partition coefficient (Wildman–Crippen LogP) is 3.34. The van der Waals surface area contributed by atoms with Crippen LogP contribution in [0, 0.1) is 13.8 Å². The summed E-state index contributed by atoms with van der Waals surface area (Å²) in [6, 6.07) is 8.29. The molecule has 1 heterocycles. The first kappa shape index (κ1) is 15.1. The van der Waals surface area contributed by atoms with Crippen LogP contribution < -0.4 is 5.73 Å². The maximum atomic E-state index is 5.58. The number of hydrogen-bond donors (Lipinski definition) is 1. The summed E-state index contributed by atoms with van der Waals surface area (Å²) in [5.41, 5.74) is 10.2. The third-order valence-corrected chi connectivity index (χ3v) is 3.90. The lowest BCUT2D eigenvalue weighted by molar-refractivity contribution is 0.791. The minimum atomic E-state index is 0.708. The molecule has 0 aliphatic rings. The second-order valence-electron chi connectivity index (χ2n) is 4.98. The van der Waals surface area contributed by atoms with Crippen molar-refractivity contribution >= 4 is 15.9 Å². The second-order valence-corrected chi connectivity index (χ2v) is 5.90. The third-order valence-electron chi connectivity index (χ3n) is 3.37. The van der Waals surface area contributed by atoms with Gasteiger partial charge in [-0.3, -0.25) is 0 Å². The lowest BCUT2D eigenvalue weighted by Crippen LogP contribution is -2.08. The molecule has 0 spiro atoms. The summed E-state index contributed by atoms with van der Waals surface area (Å²) in [6.07, 6.45) is 2.72. The van der Waals surface area contributed by atoms with Crippen LogP contribution in [0.1, 0.15) is 34.8 Å². The van der Waals surface area contributed by atoms with Crippen LogP contribution in [0.25, 0.3) is 0 Å². The molecule has 2 N–H and O–H groups in total. The standard InChI is InChI=1S/C16H20BrN3/c1-11-15(4-3-9-18)12(2)20-16(19-11)10-13-5-7-14(17)8-6-13/h5-8H,3-4,9-10,18H2,1-2H3. The molecule has 0 aliphatic heterocycles. The zero-order valence-corrected chi connectivity index (χ0v) is 13.6. The molecule has 0 aliphatic carbocycles. The van der Waals surface area contributed by atoms with E-state index in [9.17, 15) is 0 Å². The Bertz CT molecular complexity index is 556. The van der Waals surface area contributed by atoms with Gasteiger partial charge < -0.3 is 5.73 Å². The average Bonchev–Trinajstić information content (AvgIpc) is 2.41. The predicted molar refractivity (Wildman–Crippen MR) is 85.8 cm³/mol. The Morgan fingerprint density at radius 3 is 2.20 bits per heavy atom. The molecule has 20 heavy (non-hydrogen) atoms. The van der Waals surface area contributed by atoms with Gasteiger partial charge in [-0.15, -0.1) is 0 Å². The van der Waals surface area contributed by atoms with Crippen molar-refractivity contribution in [1.29, 1.82) is 0 Å². The highest BCUT2D eigenvalue weighted by Crippen LogP contribution is 2.16. The Morgan fingerprint density at radius 1 is 1.05 bits per heavy atom. The van der Waals surface area contributed by atoms with E-state index in [1.165, 1.54) is 11.1 Å². The summed E-state index contributed by atoms with van der Waals surface area (Å²) in [5, 5.41) is 0. The van der Waals surface area contributed by atoms with E-state index in [1.807, 2.05) is 12.1 Å². The summed E-state index contributed by atoms with van der Waals surface area (Å²) in [7, 11) is 0. The molecule has 0 saturated carbocycles. The molecule has 3 nitrogen and oxygen atoms in total. The van der Waals surface area contributed by atoms with E-state index >= 15 is 0 Å². The summed E-state index contributed by atoms with van der Waals surface area (Å²) >= 11 is 3.45. The molecule has 2 rings (SSSR count). The van der Waals surface area contributed by atoms with Crippen LogP contribution in [0.4, 0.5) is 0 Å². The van der Waals surface area contributed by atoms with E-state index in [0.717, 1.165) is 40.9 Å². The summed E-state index contributed by atoms with van der Waals surface area (Å²) < 4.78 is 1.09. The van der Waals surface area contributed by atoms with Crippen molar-refractivity contribution in [3.05, 3.63) is 57.1 Å². The summed E-state index contributed by atoms with van der Waals surface area (Å²) in [4.78, 5) is 9.28. The van der Waals surface area contributed by atoms with Crippen LogP contribution in [-0.4, -0.2) is 16.5 Å². The smallest absolute Gasteiger partial charge is 0.133 e. The van der Waals surface area contributed by atoms with E-state index in [-0.39, 0.29) is 0 Å². The first-order valence-electron chi connectivity index (χ1n) is 6.87. The van der Waals surface area contributed by atoms with Gasteiger partial charge in [0.15, 0.2) is 0 Å². The largest absolute Gasteiger partial charge is 0.330 e. The molecule has 0 bridgehead atoms. The van der Waals surface area contributed by atoms with Crippen molar-refractivity contribution in [2.45, 2.75) is 33.1 Å². The van der Waals surface area contributed by atoms with Crippen LogP contribution in [0.5, 0.6) is 0 Å². The molecule has 1 aromatic heterocycles. The Balaban J connectivity index is 2.19. The van der Waals surface area contributed by atoms with Crippen molar-refractivity contribution in [2.75, 3.05) is 6.54 Å². The average molecular weight is 334 g/mol. The molecule has 4 heteroatoms. The van der Waals surface area contributed by atoms with Gasteiger partial charge >= 0.3 is 0 Å². The van der Waals surface area contributed by atoms with Gasteiger partial charge in [-0.1, -0.05) is 28.1 Å². The van der Waals surface area contributed by atoms with Crippen LogP contribution in [0.3, 0.4) is 0 Å². The van der Waals surface area contributed by atoms with Crippen molar-refractivity contribution in [3.8, 4) is 0 Å². The fourth-order valence-electron chi connectivity index (χ4n) is 2.31. The van der Waals surface area contributed by atoms with E-state index in [4.69, 9.17) is 5.73 Å². The molecule has 2 aromatic rings. The Hall–Kier alpha value is -1.26. The van der Waals surface area contributed by atoms with Gasteiger partial charge in [0.2, 0.25) is 0 Å². The highest BCUT2D eigenvalue weighted by Gasteiger charge is 2.08. The lowest BCUT2D eigenvalue weighted by Gasteiger charge is -2.10. The highest BCUT2D eigenvalue weighted by atomic mass is 79.9. The molecule has 0 unspecified atom stereocenters. The molecule has 0 radical (unpaired) electrons. The number of rotatable bonds is 5. The molecule has 0 atom stereocenters. The Morgan fingerprint density at radius 2 is 1.65 bits per heavy atom. The van der Waals surface area contributed by atoms with E-state index in [2.05, 4.69) is 51.9 Å². The van der Waals surface area contributed by atoms with Crippen molar-refractivity contribution in [2.24, 2.45) is 5.73 Å². The molecular weight excluding hydrogens is 314 g/mol.